The zero-order valence-electron chi connectivity index (χ0n) is 14.1. The molecule has 4 bridgehead atoms. The van der Waals surface area contributed by atoms with Crippen LogP contribution in [0.15, 0.2) is 30.3 Å². The molecule has 0 aromatic heterocycles. The fraction of sp³-hybridized carbons (Fsp3) is 0.650. The molecule has 4 fully saturated rings. The molecule has 1 aromatic rings. The fourth-order valence-corrected chi connectivity index (χ4v) is 5.83. The van der Waals surface area contributed by atoms with Crippen molar-refractivity contribution in [3.8, 4) is 0 Å². The predicted molar refractivity (Wildman–Crippen MR) is 91.9 cm³/mol. The van der Waals surface area contributed by atoms with Gasteiger partial charge in [0, 0.05) is 20.1 Å². The van der Waals surface area contributed by atoms with Gasteiger partial charge in [0.15, 0.2) is 0 Å². The number of hydrogen-bond donors (Lipinski definition) is 1. The van der Waals surface area contributed by atoms with Crippen molar-refractivity contribution >= 4 is 6.03 Å². The van der Waals surface area contributed by atoms with Crippen molar-refractivity contribution in [1.29, 1.82) is 0 Å². The van der Waals surface area contributed by atoms with Crippen LogP contribution in [0.5, 0.6) is 0 Å². The molecule has 2 amide bonds. The van der Waals surface area contributed by atoms with Gasteiger partial charge >= 0.3 is 6.03 Å². The molecule has 0 spiro atoms. The minimum absolute atomic E-state index is 0.0737. The van der Waals surface area contributed by atoms with Gasteiger partial charge in [0.05, 0.1) is 0 Å². The zero-order valence-corrected chi connectivity index (χ0v) is 14.1. The molecule has 1 N–H and O–H groups in total. The van der Waals surface area contributed by atoms with Crippen LogP contribution in [0.4, 0.5) is 4.79 Å². The van der Waals surface area contributed by atoms with Crippen LogP contribution >= 0.6 is 0 Å². The molecule has 0 unspecified atom stereocenters. The SMILES string of the molecule is CN(Cc1ccccc1)C(=O)NCC12CC3CC(CC(C3)C1)C2. The molecule has 3 nitrogen and oxygen atoms in total. The van der Waals surface area contributed by atoms with Gasteiger partial charge in [-0.25, -0.2) is 4.79 Å². The van der Waals surface area contributed by atoms with E-state index >= 15 is 0 Å². The summed E-state index contributed by atoms with van der Waals surface area (Å²) in [6.45, 7) is 1.56. The van der Waals surface area contributed by atoms with E-state index in [-0.39, 0.29) is 6.03 Å². The number of carbonyl (C=O) groups excluding carboxylic acids is 1. The maximum Gasteiger partial charge on any atom is 0.317 e. The molecular weight excluding hydrogens is 284 g/mol. The van der Waals surface area contributed by atoms with Crippen LogP contribution in [-0.2, 0) is 6.54 Å². The van der Waals surface area contributed by atoms with Crippen molar-refractivity contribution in [2.45, 2.75) is 45.1 Å². The van der Waals surface area contributed by atoms with Gasteiger partial charge in [0.1, 0.15) is 0 Å². The molecule has 0 saturated heterocycles. The van der Waals surface area contributed by atoms with Crippen LogP contribution in [0.3, 0.4) is 0 Å². The maximum absolute atomic E-state index is 12.5. The molecule has 0 aliphatic heterocycles. The Morgan fingerprint density at radius 3 is 2.22 bits per heavy atom. The molecule has 4 aliphatic carbocycles. The number of hydrogen-bond acceptors (Lipinski definition) is 1. The first kappa shape index (κ1) is 15.0. The highest BCUT2D eigenvalue weighted by atomic mass is 16.2. The highest BCUT2D eigenvalue weighted by Gasteiger charge is 2.50. The van der Waals surface area contributed by atoms with Crippen molar-refractivity contribution in [1.82, 2.24) is 10.2 Å². The summed E-state index contributed by atoms with van der Waals surface area (Å²) in [6.07, 6.45) is 8.42. The monoisotopic (exact) mass is 312 g/mol. The Morgan fingerprint density at radius 1 is 1.09 bits per heavy atom. The van der Waals surface area contributed by atoms with E-state index in [1.54, 1.807) is 4.90 Å². The number of nitrogens with zero attached hydrogens (tertiary/aromatic N) is 1. The third-order valence-electron chi connectivity index (χ3n) is 6.39. The molecular formula is C20H28N2O. The lowest BCUT2D eigenvalue weighted by Crippen LogP contribution is -2.52. The minimum Gasteiger partial charge on any atom is -0.337 e. The summed E-state index contributed by atoms with van der Waals surface area (Å²) in [7, 11) is 1.89. The molecule has 0 atom stereocenters. The van der Waals surface area contributed by atoms with Gasteiger partial charge < -0.3 is 10.2 Å². The van der Waals surface area contributed by atoms with E-state index in [4.69, 9.17) is 0 Å². The standard InChI is InChI=1S/C20H28N2O/c1-22(13-15-5-3-2-4-6-15)19(23)21-14-20-10-16-7-17(11-20)9-18(8-16)12-20/h2-6,16-18H,7-14H2,1H3,(H,21,23). The summed E-state index contributed by atoms with van der Waals surface area (Å²) in [5, 5.41) is 3.25. The second-order valence-electron chi connectivity index (χ2n) is 8.42. The third-order valence-corrected chi connectivity index (χ3v) is 6.39. The normalized spacial score (nSPS) is 34.4. The van der Waals surface area contributed by atoms with E-state index in [2.05, 4.69) is 17.4 Å². The van der Waals surface area contributed by atoms with E-state index in [0.29, 0.717) is 12.0 Å². The van der Waals surface area contributed by atoms with Gasteiger partial charge in [-0.1, -0.05) is 30.3 Å². The Balaban J connectivity index is 1.33. The molecule has 3 heteroatoms. The average Bonchev–Trinajstić information content (AvgIpc) is 2.52. The van der Waals surface area contributed by atoms with Crippen LogP contribution in [0.2, 0.25) is 0 Å². The van der Waals surface area contributed by atoms with Gasteiger partial charge in [0.25, 0.3) is 0 Å². The first-order valence-electron chi connectivity index (χ1n) is 9.15. The highest BCUT2D eigenvalue weighted by Crippen LogP contribution is 2.59. The first-order valence-corrected chi connectivity index (χ1v) is 9.15. The number of benzene rings is 1. The Kier molecular flexibility index (Phi) is 3.82. The minimum atomic E-state index is 0.0737. The van der Waals surface area contributed by atoms with Crippen molar-refractivity contribution in [3.63, 3.8) is 0 Å². The van der Waals surface area contributed by atoms with Crippen LogP contribution in [0, 0.1) is 23.2 Å². The molecule has 124 valence electrons. The Labute approximate surface area is 139 Å². The van der Waals surface area contributed by atoms with E-state index in [1.165, 1.54) is 44.1 Å². The summed E-state index contributed by atoms with van der Waals surface area (Å²) in [5.74, 6) is 2.83. The highest BCUT2D eigenvalue weighted by molar-refractivity contribution is 5.73. The smallest absolute Gasteiger partial charge is 0.317 e. The molecule has 4 aliphatic rings. The maximum atomic E-state index is 12.5. The molecule has 4 saturated carbocycles. The number of rotatable bonds is 4. The summed E-state index contributed by atoms with van der Waals surface area (Å²) in [6, 6.07) is 10.3. The molecule has 1 aromatic carbocycles. The van der Waals surface area contributed by atoms with Crippen molar-refractivity contribution < 1.29 is 4.79 Å². The second kappa shape index (κ2) is 5.85. The number of nitrogens with one attached hydrogen (secondary N) is 1. The number of urea groups is 1. The molecule has 0 radical (unpaired) electrons. The lowest BCUT2D eigenvalue weighted by Gasteiger charge is -2.57. The second-order valence-corrected chi connectivity index (χ2v) is 8.42. The van der Waals surface area contributed by atoms with E-state index in [0.717, 1.165) is 24.3 Å². The van der Waals surface area contributed by atoms with E-state index < -0.39 is 0 Å². The van der Waals surface area contributed by atoms with Crippen molar-refractivity contribution in [3.05, 3.63) is 35.9 Å². The van der Waals surface area contributed by atoms with Gasteiger partial charge in [-0.15, -0.1) is 0 Å². The zero-order chi connectivity index (χ0) is 15.9. The van der Waals surface area contributed by atoms with Gasteiger partial charge in [-0.05, 0) is 67.3 Å². The predicted octanol–water partition coefficient (Wildman–Crippen LogP) is 4.04. The van der Waals surface area contributed by atoms with E-state index in [9.17, 15) is 4.79 Å². The summed E-state index contributed by atoms with van der Waals surface area (Å²) in [4.78, 5) is 14.3. The first-order chi connectivity index (χ1) is 11.1. The Morgan fingerprint density at radius 2 is 1.65 bits per heavy atom. The summed E-state index contributed by atoms with van der Waals surface area (Å²) >= 11 is 0. The average molecular weight is 312 g/mol. The van der Waals surface area contributed by atoms with Crippen molar-refractivity contribution in [2.24, 2.45) is 23.2 Å². The molecule has 0 heterocycles. The summed E-state index contributed by atoms with van der Waals surface area (Å²) in [5.41, 5.74) is 1.60. The summed E-state index contributed by atoms with van der Waals surface area (Å²) < 4.78 is 0. The largest absolute Gasteiger partial charge is 0.337 e. The van der Waals surface area contributed by atoms with Crippen molar-refractivity contribution in [2.75, 3.05) is 13.6 Å². The van der Waals surface area contributed by atoms with Crippen LogP contribution in [0.1, 0.15) is 44.1 Å². The van der Waals surface area contributed by atoms with Gasteiger partial charge in [-0.2, -0.15) is 0 Å². The van der Waals surface area contributed by atoms with Gasteiger partial charge in [0.2, 0.25) is 0 Å². The fourth-order valence-electron chi connectivity index (χ4n) is 5.83. The topological polar surface area (TPSA) is 32.3 Å². The third kappa shape index (κ3) is 3.11. The number of carbonyl (C=O) groups is 1. The quantitative estimate of drug-likeness (QED) is 0.894. The lowest BCUT2D eigenvalue weighted by atomic mass is 9.49. The van der Waals surface area contributed by atoms with Crippen LogP contribution in [0.25, 0.3) is 0 Å². The molecule has 23 heavy (non-hydrogen) atoms. The number of amides is 2. The molecule has 5 rings (SSSR count). The van der Waals surface area contributed by atoms with Crippen LogP contribution in [-0.4, -0.2) is 24.5 Å². The Bertz CT molecular complexity index is 533. The Hall–Kier alpha value is -1.51. The van der Waals surface area contributed by atoms with Crippen LogP contribution < -0.4 is 5.32 Å². The van der Waals surface area contributed by atoms with E-state index in [1.807, 2.05) is 25.2 Å². The lowest BCUT2D eigenvalue weighted by molar-refractivity contribution is -0.0501. The van der Waals surface area contributed by atoms with Gasteiger partial charge in [-0.3, -0.25) is 0 Å².